The molecule has 0 aliphatic carbocycles. The Morgan fingerprint density at radius 3 is 2.62 bits per heavy atom. The number of nitrogens with zero attached hydrogens (tertiary/aromatic N) is 5. The Morgan fingerprint density at radius 1 is 1.21 bits per heavy atom. The van der Waals surface area contributed by atoms with E-state index in [1.54, 1.807) is 28.3 Å². The zero-order chi connectivity index (χ0) is 16.8. The van der Waals surface area contributed by atoms with E-state index in [9.17, 15) is 4.79 Å². The fraction of sp³-hybridized carbons (Fsp3) is 0.294. The van der Waals surface area contributed by atoms with Crippen LogP contribution in [0.5, 0.6) is 0 Å². The Morgan fingerprint density at radius 2 is 1.96 bits per heavy atom. The van der Waals surface area contributed by atoms with Gasteiger partial charge in [0.1, 0.15) is 4.83 Å². The molecule has 4 aromatic rings. The molecule has 0 radical (unpaired) electrons. The molecule has 0 bridgehead atoms. The van der Waals surface area contributed by atoms with Crippen LogP contribution in [0.1, 0.15) is 24.3 Å². The van der Waals surface area contributed by atoms with Gasteiger partial charge >= 0.3 is 5.69 Å². The summed E-state index contributed by atoms with van der Waals surface area (Å²) in [6.07, 6.45) is 4.31. The summed E-state index contributed by atoms with van der Waals surface area (Å²) in [5.74, 6) is 0.551. The monoisotopic (exact) mass is 339 g/mol. The number of hydrogen-bond donors (Lipinski definition) is 0. The minimum absolute atomic E-state index is 0.142. The standard InChI is InChI=1S/C17H17N5OS/c1-4-12-10(3)24-16-13(12)15-19-14(11-6-8-18-9-7-11)20-22(15)17(23)21(16)5-2/h6-9H,4-5H2,1-3H3. The molecule has 0 aliphatic rings. The number of pyridine rings is 1. The summed E-state index contributed by atoms with van der Waals surface area (Å²) in [6.45, 7) is 6.82. The highest BCUT2D eigenvalue weighted by molar-refractivity contribution is 7.19. The van der Waals surface area contributed by atoms with Crippen LogP contribution in [0.4, 0.5) is 0 Å². The highest BCUT2D eigenvalue weighted by atomic mass is 32.1. The van der Waals surface area contributed by atoms with Gasteiger partial charge in [-0.3, -0.25) is 9.55 Å². The quantitative estimate of drug-likeness (QED) is 0.575. The molecule has 122 valence electrons. The number of aromatic nitrogens is 5. The molecule has 0 amide bonds. The third-order valence-corrected chi connectivity index (χ3v) is 5.46. The maximum Gasteiger partial charge on any atom is 0.351 e. The summed E-state index contributed by atoms with van der Waals surface area (Å²) in [7, 11) is 0. The number of fused-ring (bicyclic) bond motifs is 3. The Bertz CT molecular complexity index is 1110. The molecule has 0 aliphatic heterocycles. The molecule has 0 unspecified atom stereocenters. The summed E-state index contributed by atoms with van der Waals surface area (Å²) in [6, 6.07) is 3.70. The van der Waals surface area contributed by atoms with E-state index in [0.717, 1.165) is 22.2 Å². The zero-order valence-electron chi connectivity index (χ0n) is 13.8. The van der Waals surface area contributed by atoms with Gasteiger partial charge < -0.3 is 0 Å². The number of hydrogen-bond acceptors (Lipinski definition) is 5. The van der Waals surface area contributed by atoms with Crippen molar-refractivity contribution in [2.45, 2.75) is 33.7 Å². The normalized spacial score (nSPS) is 11.6. The molecule has 7 heteroatoms. The van der Waals surface area contributed by atoms with Crippen molar-refractivity contribution in [2.75, 3.05) is 0 Å². The smallest absolute Gasteiger partial charge is 0.283 e. The first-order valence-electron chi connectivity index (χ1n) is 7.97. The lowest BCUT2D eigenvalue weighted by Gasteiger charge is -2.05. The first-order valence-corrected chi connectivity index (χ1v) is 8.79. The molecular formula is C17H17N5OS. The summed E-state index contributed by atoms with van der Waals surface area (Å²) >= 11 is 1.66. The molecule has 0 N–H and O–H groups in total. The van der Waals surface area contributed by atoms with E-state index in [-0.39, 0.29) is 5.69 Å². The average Bonchev–Trinajstić information content (AvgIpc) is 3.17. The molecule has 0 fully saturated rings. The van der Waals surface area contributed by atoms with E-state index in [4.69, 9.17) is 0 Å². The molecule has 0 aromatic carbocycles. The largest absolute Gasteiger partial charge is 0.351 e. The molecule has 4 rings (SSSR count). The summed E-state index contributed by atoms with van der Waals surface area (Å²) in [5.41, 5.74) is 2.61. The van der Waals surface area contributed by atoms with Crippen molar-refractivity contribution in [2.24, 2.45) is 0 Å². The predicted octanol–water partition coefficient (Wildman–Crippen LogP) is 3.06. The summed E-state index contributed by atoms with van der Waals surface area (Å²) in [4.78, 5) is 23.8. The van der Waals surface area contributed by atoms with Gasteiger partial charge in [-0.25, -0.2) is 9.78 Å². The number of rotatable bonds is 3. The van der Waals surface area contributed by atoms with Gasteiger partial charge in [-0.2, -0.15) is 4.52 Å². The second-order valence-electron chi connectivity index (χ2n) is 5.60. The molecule has 0 saturated carbocycles. The van der Waals surface area contributed by atoms with Crippen LogP contribution in [0.3, 0.4) is 0 Å². The predicted molar refractivity (Wildman–Crippen MR) is 95.7 cm³/mol. The Kier molecular flexibility index (Phi) is 3.45. The van der Waals surface area contributed by atoms with Crippen molar-refractivity contribution < 1.29 is 0 Å². The number of thiophene rings is 1. The second-order valence-corrected chi connectivity index (χ2v) is 6.81. The van der Waals surface area contributed by atoms with Crippen molar-refractivity contribution in [3.63, 3.8) is 0 Å². The third kappa shape index (κ3) is 2.01. The molecule has 24 heavy (non-hydrogen) atoms. The lowest BCUT2D eigenvalue weighted by atomic mass is 10.1. The lowest BCUT2D eigenvalue weighted by Crippen LogP contribution is -2.26. The van der Waals surface area contributed by atoms with E-state index in [1.165, 1.54) is 15.0 Å². The van der Waals surface area contributed by atoms with Crippen molar-refractivity contribution in [1.29, 1.82) is 0 Å². The molecule has 0 saturated heterocycles. The lowest BCUT2D eigenvalue weighted by molar-refractivity contribution is 0.698. The Labute approximate surface area is 142 Å². The number of aryl methyl sites for hydroxylation is 3. The van der Waals surface area contributed by atoms with E-state index in [2.05, 4.69) is 28.9 Å². The molecule has 0 spiro atoms. The highest BCUT2D eigenvalue weighted by Gasteiger charge is 2.20. The van der Waals surface area contributed by atoms with Gasteiger partial charge in [0.25, 0.3) is 0 Å². The summed E-state index contributed by atoms with van der Waals surface area (Å²) in [5, 5.41) is 5.53. The van der Waals surface area contributed by atoms with Crippen molar-refractivity contribution in [3.05, 3.63) is 45.5 Å². The Balaban J connectivity index is 2.17. The third-order valence-electron chi connectivity index (χ3n) is 4.29. The molecule has 6 nitrogen and oxygen atoms in total. The first kappa shape index (κ1) is 15.0. The van der Waals surface area contributed by atoms with Gasteiger partial charge in [0.2, 0.25) is 0 Å². The SMILES string of the molecule is CCc1c(C)sc2c1c1nc(-c3ccncc3)nn1c(=O)n2CC. The average molecular weight is 339 g/mol. The van der Waals surface area contributed by atoms with Crippen molar-refractivity contribution in [3.8, 4) is 11.4 Å². The fourth-order valence-electron chi connectivity index (χ4n) is 3.12. The molecule has 4 heterocycles. The maximum atomic E-state index is 12.8. The minimum Gasteiger partial charge on any atom is -0.283 e. The van der Waals surface area contributed by atoms with Crippen LogP contribution in [0.15, 0.2) is 29.3 Å². The van der Waals surface area contributed by atoms with E-state index < -0.39 is 0 Å². The molecule has 0 atom stereocenters. The van der Waals surface area contributed by atoms with Gasteiger partial charge in [0, 0.05) is 29.4 Å². The van der Waals surface area contributed by atoms with Crippen LogP contribution < -0.4 is 5.69 Å². The van der Waals surface area contributed by atoms with Crippen molar-refractivity contribution >= 4 is 27.2 Å². The van der Waals surface area contributed by atoms with Crippen LogP contribution in [0.25, 0.3) is 27.3 Å². The summed E-state index contributed by atoms with van der Waals surface area (Å²) < 4.78 is 3.22. The van der Waals surface area contributed by atoms with Gasteiger partial charge in [-0.1, -0.05) is 6.92 Å². The Hall–Kier alpha value is -2.54. The second kappa shape index (κ2) is 5.52. The van der Waals surface area contributed by atoms with E-state index in [1.807, 2.05) is 19.1 Å². The highest BCUT2D eigenvalue weighted by Crippen LogP contribution is 2.33. The van der Waals surface area contributed by atoms with Crippen molar-refractivity contribution in [1.82, 2.24) is 24.1 Å². The zero-order valence-corrected chi connectivity index (χ0v) is 14.6. The maximum absolute atomic E-state index is 12.8. The van der Waals surface area contributed by atoms with Crippen LogP contribution >= 0.6 is 11.3 Å². The topological polar surface area (TPSA) is 65.1 Å². The fourth-order valence-corrected chi connectivity index (χ4v) is 4.41. The van der Waals surface area contributed by atoms with Crippen LogP contribution in [0, 0.1) is 6.92 Å². The van der Waals surface area contributed by atoms with E-state index in [0.29, 0.717) is 18.0 Å². The molecular weight excluding hydrogens is 322 g/mol. The van der Waals surface area contributed by atoms with Crippen LogP contribution in [-0.2, 0) is 13.0 Å². The van der Waals surface area contributed by atoms with Crippen LogP contribution in [-0.4, -0.2) is 24.1 Å². The van der Waals surface area contributed by atoms with Gasteiger partial charge in [-0.15, -0.1) is 16.4 Å². The molecule has 4 aromatic heterocycles. The first-order chi connectivity index (χ1) is 11.7. The van der Waals surface area contributed by atoms with Gasteiger partial charge in [0.05, 0.1) is 5.39 Å². The minimum atomic E-state index is -0.142. The van der Waals surface area contributed by atoms with Crippen LogP contribution in [0.2, 0.25) is 0 Å². The van der Waals surface area contributed by atoms with Gasteiger partial charge in [0.15, 0.2) is 11.5 Å². The van der Waals surface area contributed by atoms with Gasteiger partial charge in [-0.05, 0) is 38.0 Å². The van der Waals surface area contributed by atoms with E-state index >= 15 is 0 Å².